The van der Waals surface area contributed by atoms with Crippen LogP contribution in [0, 0.1) is 6.92 Å². The number of rotatable bonds is 1. The summed E-state index contributed by atoms with van der Waals surface area (Å²) >= 11 is 0. The van der Waals surface area contributed by atoms with Crippen LogP contribution in [0.25, 0.3) is 10.9 Å². The number of carboxylic acid groups (broad SMARTS) is 1. The summed E-state index contributed by atoms with van der Waals surface area (Å²) in [6.07, 6.45) is -4.72. The third-order valence-corrected chi connectivity index (χ3v) is 2.31. The van der Waals surface area contributed by atoms with Gasteiger partial charge in [0, 0.05) is 5.39 Å². The summed E-state index contributed by atoms with van der Waals surface area (Å²) in [6, 6.07) is 4.18. The fourth-order valence-corrected chi connectivity index (χ4v) is 1.55. The normalized spacial score (nSPS) is 11.8. The Morgan fingerprint density at radius 2 is 1.94 bits per heavy atom. The van der Waals surface area contributed by atoms with E-state index in [1.165, 1.54) is 12.1 Å². The fourth-order valence-electron chi connectivity index (χ4n) is 1.55. The summed E-state index contributed by atoms with van der Waals surface area (Å²) in [4.78, 5) is 17.4. The zero-order chi connectivity index (χ0) is 13.5. The van der Waals surface area contributed by atoms with Crippen molar-refractivity contribution in [2.24, 2.45) is 0 Å². The monoisotopic (exact) mass is 256 g/mol. The molecule has 0 radical (unpaired) electrons. The molecule has 4 nitrogen and oxygen atoms in total. The number of carbonyl (C=O) groups is 1. The van der Waals surface area contributed by atoms with Gasteiger partial charge in [0.1, 0.15) is 0 Å². The molecule has 0 fully saturated rings. The number of aryl methyl sites for hydroxylation is 1. The van der Waals surface area contributed by atoms with Gasteiger partial charge in [-0.25, -0.2) is 14.8 Å². The second kappa shape index (κ2) is 3.94. The van der Waals surface area contributed by atoms with Crippen LogP contribution < -0.4 is 0 Å². The zero-order valence-electron chi connectivity index (χ0n) is 9.12. The number of hydrogen-bond acceptors (Lipinski definition) is 3. The number of fused-ring (bicyclic) bond motifs is 1. The average molecular weight is 256 g/mol. The SMILES string of the molecule is Cc1ccc2nc(C(=O)O)nc(C(F)(F)F)c2c1. The molecule has 7 heteroatoms. The van der Waals surface area contributed by atoms with Crippen molar-refractivity contribution < 1.29 is 23.1 Å². The zero-order valence-corrected chi connectivity index (χ0v) is 9.12. The number of carboxylic acids is 1. The maximum atomic E-state index is 12.8. The molecular formula is C11H7F3N2O2. The highest BCUT2D eigenvalue weighted by Crippen LogP contribution is 2.33. The van der Waals surface area contributed by atoms with E-state index in [2.05, 4.69) is 9.97 Å². The summed E-state index contributed by atoms with van der Waals surface area (Å²) in [5, 5.41) is 8.50. The topological polar surface area (TPSA) is 63.1 Å². The minimum atomic E-state index is -4.72. The Labute approximate surface area is 99.1 Å². The van der Waals surface area contributed by atoms with E-state index in [4.69, 9.17) is 5.11 Å². The van der Waals surface area contributed by atoms with Gasteiger partial charge in [-0.2, -0.15) is 13.2 Å². The molecule has 1 aromatic heterocycles. The van der Waals surface area contributed by atoms with Crippen molar-refractivity contribution in [2.45, 2.75) is 13.1 Å². The highest BCUT2D eigenvalue weighted by Gasteiger charge is 2.36. The first-order valence-electron chi connectivity index (χ1n) is 4.88. The Bertz CT molecular complexity index is 638. The molecule has 94 valence electrons. The predicted molar refractivity (Wildman–Crippen MR) is 56.2 cm³/mol. The van der Waals surface area contributed by atoms with E-state index in [1.807, 2.05) is 0 Å². The molecule has 0 spiro atoms. The second-order valence-corrected chi connectivity index (χ2v) is 3.72. The highest BCUT2D eigenvalue weighted by molar-refractivity contribution is 5.89. The molecular weight excluding hydrogens is 249 g/mol. The van der Waals surface area contributed by atoms with Crippen molar-refractivity contribution in [3.8, 4) is 0 Å². The van der Waals surface area contributed by atoms with Crippen LogP contribution in [0.4, 0.5) is 13.2 Å². The Kier molecular flexibility index (Phi) is 2.68. The van der Waals surface area contributed by atoms with Crippen LogP contribution in [-0.2, 0) is 6.18 Å². The summed E-state index contributed by atoms with van der Waals surface area (Å²) in [7, 11) is 0. The summed E-state index contributed by atoms with van der Waals surface area (Å²) < 4.78 is 38.4. The molecule has 1 aromatic carbocycles. The van der Waals surface area contributed by atoms with Gasteiger partial charge in [0.25, 0.3) is 0 Å². The summed E-state index contributed by atoms with van der Waals surface area (Å²) in [5.41, 5.74) is -0.659. The smallest absolute Gasteiger partial charge is 0.434 e. The molecule has 18 heavy (non-hydrogen) atoms. The Balaban J connectivity index is 2.86. The van der Waals surface area contributed by atoms with Crippen LogP contribution in [0.3, 0.4) is 0 Å². The second-order valence-electron chi connectivity index (χ2n) is 3.72. The molecule has 0 saturated heterocycles. The maximum Gasteiger partial charge on any atom is 0.434 e. The van der Waals surface area contributed by atoms with E-state index in [1.54, 1.807) is 13.0 Å². The molecule has 0 unspecified atom stereocenters. The molecule has 0 atom stereocenters. The molecule has 0 saturated carbocycles. The molecule has 0 aliphatic rings. The first-order chi connectivity index (χ1) is 8.29. The molecule has 0 amide bonds. The third-order valence-electron chi connectivity index (χ3n) is 2.31. The largest absolute Gasteiger partial charge is 0.475 e. The van der Waals surface area contributed by atoms with E-state index >= 15 is 0 Å². The highest BCUT2D eigenvalue weighted by atomic mass is 19.4. The lowest BCUT2D eigenvalue weighted by molar-refractivity contribution is -0.139. The van der Waals surface area contributed by atoms with E-state index < -0.39 is 23.7 Å². The molecule has 1 heterocycles. The standard InChI is InChI=1S/C11H7F3N2O2/c1-5-2-3-7-6(4-5)8(11(12,13)14)16-9(15-7)10(17)18/h2-4H,1H3,(H,17,18). The number of halogens is 3. The molecule has 0 aliphatic carbocycles. The van der Waals surface area contributed by atoms with Crippen molar-refractivity contribution in [3.63, 3.8) is 0 Å². The summed E-state index contributed by atoms with van der Waals surface area (Å²) in [5.74, 6) is -2.46. The third kappa shape index (κ3) is 2.11. The van der Waals surface area contributed by atoms with E-state index in [9.17, 15) is 18.0 Å². The number of aromatic carboxylic acids is 1. The van der Waals surface area contributed by atoms with Crippen molar-refractivity contribution >= 4 is 16.9 Å². The quantitative estimate of drug-likeness (QED) is 0.851. The lowest BCUT2D eigenvalue weighted by Gasteiger charge is -2.10. The lowest BCUT2D eigenvalue weighted by atomic mass is 10.1. The molecule has 1 N–H and O–H groups in total. The lowest BCUT2D eigenvalue weighted by Crippen LogP contribution is -2.14. The van der Waals surface area contributed by atoms with Crippen LogP contribution in [0.15, 0.2) is 18.2 Å². The van der Waals surface area contributed by atoms with Gasteiger partial charge < -0.3 is 5.11 Å². The van der Waals surface area contributed by atoms with Gasteiger partial charge in [-0.15, -0.1) is 0 Å². The van der Waals surface area contributed by atoms with E-state index in [0.717, 1.165) is 0 Å². The minimum Gasteiger partial charge on any atom is -0.475 e. The van der Waals surface area contributed by atoms with Crippen molar-refractivity contribution in [3.05, 3.63) is 35.3 Å². The first kappa shape index (κ1) is 12.3. The Morgan fingerprint density at radius 3 is 2.50 bits per heavy atom. The van der Waals surface area contributed by atoms with Gasteiger partial charge in [0.05, 0.1) is 5.52 Å². The predicted octanol–water partition coefficient (Wildman–Crippen LogP) is 2.66. The number of nitrogens with zero attached hydrogens (tertiary/aromatic N) is 2. The van der Waals surface area contributed by atoms with Crippen molar-refractivity contribution in [2.75, 3.05) is 0 Å². The van der Waals surface area contributed by atoms with Crippen LogP contribution in [0.5, 0.6) is 0 Å². The van der Waals surface area contributed by atoms with E-state index in [-0.39, 0.29) is 10.9 Å². The van der Waals surface area contributed by atoms with Gasteiger partial charge in [-0.1, -0.05) is 11.6 Å². The van der Waals surface area contributed by atoms with Crippen LogP contribution >= 0.6 is 0 Å². The number of aromatic nitrogens is 2. The molecule has 2 rings (SSSR count). The number of benzene rings is 1. The minimum absolute atomic E-state index is 0.0414. The first-order valence-corrected chi connectivity index (χ1v) is 4.88. The summed E-state index contributed by atoms with van der Waals surface area (Å²) in [6.45, 7) is 1.63. The van der Waals surface area contributed by atoms with Crippen LogP contribution in [0.1, 0.15) is 21.9 Å². The fraction of sp³-hybridized carbons (Fsp3) is 0.182. The van der Waals surface area contributed by atoms with Gasteiger partial charge in [-0.05, 0) is 19.1 Å². The number of alkyl halides is 3. The van der Waals surface area contributed by atoms with Crippen LogP contribution in [0.2, 0.25) is 0 Å². The average Bonchev–Trinajstić information content (AvgIpc) is 2.26. The number of hydrogen-bond donors (Lipinski definition) is 1. The molecule has 0 aliphatic heterocycles. The van der Waals surface area contributed by atoms with Gasteiger partial charge in [0.2, 0.25) is 5.82 Å². The molecule has 0 bridgehead atoms. The molecule has 2 aromatic rings. The van der Waals surface area contributed by atoms with Crippen LogP contribution in [-0.4, -0.2) is 21.0 Å². The van der Waals surface area contributed by atoms with Gasteiger partial charge in [-0.3, -0.25) is 0 Å². The maximum absolute atomic E-state index is 12.8. The van der Waals surface area contributed by atoms with Crippen molar-refractivity contribution in [1.82, 2.24) is 9.97 Å². The Morgan fingerprint density at radius 1 is 1.28 bits per heavy atom. The van der Waals surface area contributed by atoms with Gasteiger partial charge in [0.15, 0.2) is 5.69 Å². The Hall–Kier alpha value is -2.18. The van der Waals surface area contributed by atoms with Crippen molar-refractivity contribution in [1.29, 1.82) is 0 Å². The van der Waals surface area contributed by atoms with E-state index in [0.29, 0.717) is 5.56 Å². The van der Waals surface area contributed by atoms with Gasteiger partial charge >= 0.3 is 12.1 Å².